The van der Waals surface area contributed by atoms with Crippen LogP contribution in [0.3, 0.4) is 0 Å². The number of hydrogen-bond donors (Lipinski definition) is 3. The molecule has 4 bridgehead atoms. The number of aromatic hydroxyl groups is 1. The van der Waals surface area contributed by atoms with Crippen LogP contribution in [-0.4, -0.2) is 75.4 Å². The van der Waals surface area contributed by atoms with E-state index in [1.807, 2.05) is 30.3 Å². The van der Waals surface area contributed by atoms with Crippen LogP contribution in [0.25, 0.3) is 0 Å². The van der Waals surface area contributed by atoms with Gasteiger partial charge in [-0.25, -0.2) is 0 Å². The minimum atomic E-state index is -1.36. The lowest BCUT2D eigenvalue weighted by molar-refractivity contribution is -0.280. The maximum absolute atomic E-state index is 13.9. The molecule has 0 radical (unpaired) electrons. The molecule has 1 amide bonds. The second-order valence-corrected chi connectivity index (χ2v) is 12.1. The van der Waals surface area contributed by atoms with Crippen molar-refractivity contribution in [1.29, 1.82) is 0 Å². The number of ether oxygens (including phenoxy) is 1. The number of benzene rings is 2. The summed E-state index contributed by atoms with van der Waals surface area (Å²) in [7, 11) is 2.05. The van der Waals surface area contributed by atoms with E-state index in [0.29, 0.717) is 12.2 Å². The SMILES string of the molecule is CN1[C@H](C(=O)Nc2ccccc2)[C@]2(O)CC[C@]13[C@H]1Cc4ccc(O)c5c4[C@@]3(CCN1CC1CC1)[C@H]2O5. The molecule has 7 nitrogen and oxygen atoms in total. The van der Waals surface area contributed by atoms with Gasteiger partial charge in [-0.1, -0.05) is 24.3 Å². The second kappa shape index (κ2) is 6.82. The van der Waals surface area contributed by atoms with Crippen LogP contribution in [0.2, 0.25) is 0 Å². The first-order chi connectivity index (χ1) is 17.4. The summed E-state index contributed by atoms with van der Waals surface area (Å²) in [4.78, 5) is 18.9. The third-order valence-corrected chi connectivity index (χ3v) is 10.7. The monoisotopic (exact) mass is 487 g/mol. The molecule has 3 aliphatic carbocycles. The van der Waals surface area contributed by atoms with E-state index in [2.05, 4.69) is 28.2 Å². The highest BCUT2D eigenvalue weighted by molar-refractivity contribution is 5.96. The molecule has 0 aromatic heterocycles. The number of likely N-dealkylation sites (tertiary alicyclic amines) is 1. The van der Waals surface area contributed by atoms with E-state index in [9.17, 15) is 15.0 Å². The lowest BCUT2D eigenvalue weighted by Crippen LogP contribution is -2.92. The van der Waals surface area contributed by atoms with Gasteiger partial charge in [-0.2, -0.15) is 0 Å². The minimum absolute atomic E-state index is 0.141. The van der Waals surface area contributed by atoms with Crippen molar-refractivity contribution in [2.45, 2.75) is 73.3 Å². The molecule has 3 saturated heterocycles. The molecule has 36 heavy (non-hydrogen) atoms. The molecule has 188 valence electrons. The van der Waals surface area contributed by atoms with Gasteiger partial charge in [0.25, 0.3) is 0 Å². The molecule has 2 aromatic rings. The molecular formula is C29H33N3O4. The highest BCUT2D eigenvalue weighted by atomic mass is 16.5. The number of aliphatic hydroxyl groups is 1. The Hall–Kier alpha value is -2.61. The number of carbonyl (C=O) groups excluding carboxylic acids is 1. The van der Waals surface area contributed by atoms with Crippen LogP contribution in [0.4, 0.5) is 5.69 Å². The standard InChI is InChI=1S/C29H33N3O4/c1-31-24(25(34)30-19-5-3-2-4-6-19)28(35)11-12-29(31)21-15-18-9-10-20(33)23-22(18)27(29,26(28)36-23)13-14-32(21)16-17-7-8-17/h2-6,9-10,17,21,24,26,33,35H,7-8,11-16H2,1H3,(H,30,34)/t21-,24-,26-,27+,28-,29-/m1/s1. The van der Waals surface area contributed by atoms with Crippen molar-refractivity contribution in [3.8, 4) is 11.5 Å². The number of nitrogens with one attached hydrogen (secondary N) is 1. The maximum Gasteiger partial charge on any atom is 0.244 e. The van der Waals surface area contributed by atoms with E-state index in [0.717, 1.165) is 49.5 Å². The Morgan fingerprint density at radius 3 is 2.72 bits per heavy atom. The summed E-state index contributed by atoms with van der Waals surface area (Å²) < 4.78 is 6.62. The van der Waals surface area contributed by atoms with E-state index < -0.39 is 23.2 Å². The fourth-order valence-electron chi connectivity index (χ4n) is 9.24. The number of phenols is 1. The molecule has 4 heterocycles. The van der Waals surface area contributed by atoms with Gasteiger partial charge in [0.1, 0.15) is 17.7 Å². The Bertz CT molecular complexity index is 1280. The van der Waals surface area contributed by atoms with Crippen molar-refractivity contribution < 1.29 is 19.7 Å². The van der Waals surface area contributed by atoms with Gasteiger partial charge in [0.15, 0.2) is 11.5 Å². The molecule has 7 aliphatic rings. The molecule has 3 N–H and O–H groups in total. The van der Waals surface area contributed by atoms with Crippen molar-refractivity contribution in [2.24, 2.45) is 5.92 Å². The molecule has 4 aliphatic heterocycles. The second-order valence-electron chi connectivity index (χ2n) is 12.1. The van der Waals surface area contributed by atoms with Gasteiger partial charge >= 0.3 is 0 Å². The van der Waals surface area contributed by atoms with Crippen LogP contribution in [0, 0.1) is 5.92 Å². The zero-order valence-electron chi connectivity index (χ0n) is 20.6. The molecule has 2 saturated carbocycles. The largest absolute Gasteiger partial charge is 0.504 e. The number of fused-ring (bicyclic) bond motifs is 2. The molecular weight excluding hydrogens is 454 g/mol. The third kappa shape index (κ3) is 2.34. The number of phenolic OH excluding ortho intramolecular Hbond substituents is 1. The normalized spacial score (nSPS) is 40.0. The third-order valence-electron chi connectivity index (χ3n) is 10.7. The highest BCUT2D eigenvalue weighted by Crippen LogP contribution is 2.72. The first kappa shape index (κ1) is 21.5. The summed E-state index contributed by atoms with van der Waals surface area (Å²) in [6.45, 7) is 2.06. The number of likely N-dealkylation sites (N-methyl/N-ethyl adjacent to an activating group) is 1. The average molecular weight is 488 g/mol. The predicted octanol–water partition coefficient (Wildman–Crippen LogP) is 2.65. The number of anilines is 1. The number of nitrogens with zero attached hydrogens (tertiary/aromatic N) is 2. The number of carbonyl (C=O) groups is 1. The van der Waals surface area contributed by atoms with Crippen molar-refractivity contribution in [3.63, 3.8) is 0 Å². The Morgan fingerprint density at radius 1 is 1.14 bits per heavy atom. The van der Waals surface area contributed by atoms with E-state index in [4.69, 9.17) is 4.74 Å². The zero-order valence-corrected chi connectivity index (χ0v) is 20.6. The van der Waals surface area contributed by atoms with Gasteiger partial charge in [-0.15, -0.1) is 0 Å². The van der Waals surface area contributed by atoms with E-state index in [1.54, 1.807) is 6.07 Å². The van der Waals surface area contributed by atoms with Crippen LogP contribution < -0.4 is 10.1 Å². The van der Waals surface area contributed by atoms with Crippen LogP contribution in [0.5, 0.6) is 11.5 Å². The van der Waals surface area contributed by atoms with Crippen molar-refractivity contribution >= 4 is 11.6 Å². The van der Waals surface area contributed by atoms with Gasteiger partial charge in [0.05, 0.1) is 11.0 Å². The van der Waals surface area contributed by atoms with Crippen molar-refractivity contribution in [1.82, 2.24) is 9.80 Å². The summed E-state index contributed by atoms with van der Waals surface area (Å²) in [6.07, 6.45) is 5.12. The Balaban J connectivity index is 1.31. The molecule has 2 spiro atoms. The Labute approximate surface area is 211 Å². The van der Waals surface area contributed by atoms with Crippen molar-refractivity contribution in [2.75, 3.05) is 25.5 Å². The van der Waals surface area contributed by atoms with Crippen LogP contribution in [0.15, 0.2) is 42.5 Å². The van der Waals surface area contributed by atoms with Crippen LogP contribution in [0.1, 0.15) is 43.2 Å². The number of hydrogen-bond acceptors (Lipinski definition) is 6. The Morgan fingerprint density at radius 2 is 1.94 bits per heavy atom. The van der Waals surface area contributed by atoms with Gasteiger partial charge in [0.2, 0.25) is 5.91 Å². The van der Waals surface area contributed by atoms with Crippen LogP contribution in [-0.2, 0) is 16.6 Å². The summed E-state index contributed by atoms with van der Waals surface area (Å²) in [5, 5.41) is 26.4. The van der Waals surface area contributed by atoms with Gasteiger partial charge in [-0.05, 0) is 81.8 Å². The van der Waals surface area contributed by atoms with E-state index >= 15 is 0 Å². The van der Waals surface area contributed by atoms with Crippen molar-refractivity contribution in [3.05, 3.63) is 53.6 Å². The lowest BCUT2D eigenvalue weighted by Gasteiger charge is -2.76. The van der Waals surface area contributed by atoms with E-state index in [1.165, 1.54) is 18.4 Å². The molecule has 9 rings (SSSR count). The molecule has 0 unspecified atom stereocenters. The number of rotatable bonds is 4. The number of para-hydroxylation sites is 1. The molecule has 5 fully saturated rings. The molecule has 2 aromatic carbocycles. The first-order valence-electron chi connectivity index (χ1n) is 13.5. The minimum Gasteiger partial charge on any atom is -0.504 e. The van der Waals surface area contributed by atoms with E-state index in [-0.39, 0.29) is 23.2 Å². The number of piperidine rings is 3. The topological polar surface area (TPSA) is 85.3 Å². The van der Waals surface area contributed by atoms with Gasteiger partial charge < -0.3 is 20.3 Å². The molecule has 6 atom stereocenters. The maximum atomic E-state index is 13.9. The van der Waals surface area contributed by atoms with Gasteiger partial charge in [-0.3, -0.25) is 14.6 Å². The smallest absolute Gasteiger partial charge is 0.244 e. The molecule has 7 heteroatoms. The zero-order chi connectivity index (χ0) is 24.4. The van der Waals surface area contributed by atoms with Gasteiger partial charge in [0, 0.05) is 23.8 Å². The average Bonchev–Trinajstić information content (AvgIpc) is 3.60. The summed E-state index contributed by atoms with van der Waals surface area (Å²) >= 11 is 0. The summed E-state index contributed by atoms with van der Waals surface area (Å²) in [5.41, 5.74) is 0.907. The lowest BCUT2D eigenvalue weighted by atomic mass is 9.41. The summed E-state index contributed by atoms with van der Waals surface area (Å²) in [5.74, 6) is 1.26. The Kier molecular flexibility index (Phi) is 4.07. The first-order valence-corrected chi connectivity index (χ1v) is 13.5. The quantitative estimate of drug-likeness (QED) is 0.615. The highest BCUT2D eigenvalue weighted by Gasteiger charge is 2.83. The number of amides is 1. The predicted molar refractivity (Wildman–Crippen MR) is 134 cm³/mol. The fraction of sp³-hybridized carbons (Fsp3) is 0.552. The van der Waals surface area contributed by atoms with Crippen LogP contribution >= 0.6 is 0 Å². The summed E-state index contributed by atoms with van der Waals surface area (Å²) in [6, 6.07) is 12.8. The fourth-order valence-corrected chi connectivity index (χ4v) is 9.24.